The second-order valence-corrected chi connectivity index (χ2v) is 18.0. The van der Waals surface area contributed by atoms with Crippen LogP contribution in [0.25, 0.3) is 0 Å². The largest absolute Gasteiger partial charge is 0.394 e. The summed E-state index contributed by atoms with van der Waals surface area (Å²) in [4.78, 5) is 0. The molecule has 6 aliphatic rings. The van der Waals surface area contributed by atoms with Gasteiger partial charge in [0.2, 0.25) is 0 Å². The molecule has 21 N–H and O–H groups in total. The Bertz CT molecular complexity index is 1610. The first-order valence-electron chi connectivity index (χ1n) is 22.8. The van der Waals surface area contributed by atoms with Crippen molar-refractivity contribution in [2.24, 2.45) is 0 Å². The van der Waals surface area contributed by atoms with Crippen LogP contribution in [-0.4, -0.2) is 350 Å². The van der Waals surface area contributed by atoms with E-state index in [1.54, 1.807) is 0 Å². The van der Waals surface area contributed by atoms with Crippen LogP contribution < -0.4 is 0 Å². The molecule has 6 aliphatic heterocycles. The van der Waals surface area contributed by atoms with Crippen molar-refractivity contribution in [3.05, 3.63) is 0 Å². The van der Waals surface area contributed by atoms with Crippen LogP contribution in [0.2, 0.25) is 0 Å². The van der Waals surface area contributed by atoms with Crippen LogP contribution in [0.1, 0.15) is 0 Å². The van der Waals surface area contributed by atoms with Gasteiger partial charge in [0.25, 0.3) is 0 Å². The lowest BCUT2D eigenvalue weighted by Gasteiger charge is -2.49. The summed E-state index contributed by atoms with van der Waals surface area (Å²) in [6.07, 6.45) is -59.1. The summed E-state index contributed by atoms with van der Waals surface area (Å²) in [5.74, 6) is 0. The minimum Gasteiger partial charge on any atom is -0.394 e. The first-order valence-corrected chi connectivity index (χ1v) is 22.8. The fraction of sp³-hybridized carbons (Fsp3) is 1.00. The van der Waals surface area contributed by atoms with E-state index in [4.69, 9.17) is 56.8 Å². The third kappa shape index (κ3) is 13.1. The summed E-state index contributed by atoms with van der Waals surface area (Å²) in [6.45, 7) is -6.78. The first kappa shape index (κ1) is 59.9. The fourth-order valence-corrected chi connectivity index (χ4v) is 8.61. The summed E-state index contributed by atoms with van der Waals surface area (Å²) < 4.78 is 67.3. The van der Waals surface area contributed by atoms with Crippen LogP contribution >= 0.6 is 0 Å². The highest BCUT2D eigenvalue weighted by atomic mass is 16.8. The summed E-state index contributed by atoms with van der Waals surface area (Å²) in [5.41, 5.74) is 0. The molecule has 6 saturated heterocycles. The maximum absolute atomic E-state index is 11.7. The van der Waals surface area contributed by atoms with Crippen molar-refractivity contribution < 1.29 is 164 Å². The quantitative estimate of drug-likeness (QED) is 0.0507. The van der Waals surface area contributed by atoms with E-state index >= 15 is 0 Å². The lowest BCUT2D eigenvalue weighted by molar-refractivity contribution is -0.388. The molecule has 0 aromatic carbocycles. The standard InChI is InChI=1S/C39H68O33/c40-1-9(44)18(49)30(10(45)2-41)69-37-28(59)23(54)31(14(4-43)66-37)70-38-29(60)24(55)32(71-36-27(58)22(53)21(52)15(67-36)7-63-34-25(56)17(48)11(46)5-61-34)16(68-38)8-64-39-33(19(50)12(47)6-62-39)72-35-26(57)20(51)13(3-42)65-35/h9-60H,1-8H2/t9-,10+,11+,12+,13-,14+,15+,16+,17-,18+,19-,20-,21+,22-,23+,24+,25+,26+,27+,28+,29+,30+,31+,32+,33+,34+,35-,36-,37-,38-,39+/m0/s1. The van der Waals surface area contributed by atoms with Gasteiger partial charge in [-0.15, -0.1) is 0 Å². The van der Waals surface area contributed by atoms with Gasteiger partial charge in [-0.25, -0.2) is 0 Å². The Balaban J connectivity index is 1.23. The SMILES string of the molecule is OC[C@@H](O)[C@@H](O[C@@H]1O[C@H](CO)[C@@H](O[C@@H]2O[C@H](CO[C@H]3OC[C@@H](O)[C@H](O)[C@H]3O[C@@H]3O[C@@H](CO)[C@H](O)[C@H]3O)[C@@H](O[C@@H]3O[C@H](CO[C@H]4OC[C@@H](O)[C@H](O)[C@H]4O)[C@@H](O)[C@H](O)[C@H]3O)[C@H](O)[C@H]2O)[C@H](O)[C@H]1O)[C@H](O)[C@@H](O)CO. The highest BCUT2D eigenvalue weighted by molar-refractivity contribution is 4.98. The van der Waals surface area contributed by atoms with Gasteiger partial charge in [0.05, 0.1) is 52.9 Å². The van der Waals surface area contributed by atoms with Crippen LogP contribution in [0.3, 0.4) is 0 Å². The zero-order valence-electron chi connectivity index (χ0n) is 37.8. The normalized spacial score (nSPS) is 49.0. The molecule has 0 spiro atoms. The van der Waals surface area contributed by atoms with E-state index in [0.29, 0.717) is 0 Å². The second kappa shape index (κ2) is 26.4. The molecular formula is C39H68O33. The number of aliphatic hydroxyl groups is 21. The maximum Gasteiger partial charge on any atom is 0.187 e. The molecule has 6 rings (SSSR count). The first-order chi connectivity index (χ1) is 34.1. The summed E-state index contributed by atoms with van der Waals surface area (Å²) >= 11 is 0. The fourth-order valence-electron chi connectivity index (χ4n) is 8.61. The Morgan fingerprint density at radius 1 is 0.375 bits per heavy atom. The average molecular weight is 1060 g/mol. The van der Waals surface area contributed by atoms with Crippen LogP contribution in [0, 0.1) is 0 Å². The molecule has 0 unspecified atom stereocenters. The zero-order chi connectivity index (χ0) is 53.0. The third-order valence-electron chi connectivity index (χ3n) is 13.0. The second-order valence-electron chi connectivity index (χ2n) is 18.0. The molecule has 0 aromatic rings. The van der Waals surface area contributed by atoms with Gasteiger partial charge in [0.1, 0.15) is 153 Å². The van der Waals surface area contributed by atoms with E-state index in [9.17, 15) is 107 Å². The Labute approximate surface area is 407 Å². The van der Waals surface area contributed by atoms with Crippen molar-refractivity contribution in [2.75, 3.05) is 52.9 Å². The minimum absolute atomic E-state index is 0.481. The molecule has 0 saturated carbocycles. The molecule has 6 fully saturated rings. The predicted molar refractivity (Wildman–Crippen MR) is 216 cm³/mol. The van der Waals surface area contributed by atoms with Gasteiger partial charge >= 0.3 is 0 Å². The van der Waals surface area contributed by atoms with E-state index in [2.05, 4.69) is 0 Å². The van der Waals surface area contributed by atoms with E-state index in [0.717, 1.165) is 0 Å². The van der Waals surface area contributed by atoms with Crippen molar-refractivity contribution in [2.45, 2.75) is 190 Å². The number of hydrogen-bond acceptors (Lipinski definition) is 33. The topological polar surface area (TPSA) is 536 Å². The molecule has 0 aromatic heterocycles. The molecule has 0 amide bonds. The third-order valence-corrected chi connectivity index (χ3v) is 13.0. The number of ether oxygens (including phenoxy) is 12. The summed E-state index contributed by atoms with van der Waals surface area (Å²) in [5, 5.41) is 220. The van der Waals surface area contributed by atoms with Crippen molar-refractivity contribution in [1.29, 1.82) is 0 Å². The smallest absolute Gasteiger partial charge is 0.187 e. The molecular weight excluding hydrogens is 996 g/mol. The lowest BCUT2D eigenvalue weighted by Crippen LogP contribution is -2.67. The summed E-state index contributed by atoms with van der Waals surface area (Å²) in [7, 11) is 0. The van der Waals surface area contributed by atoms with Crippen molar-refractivity contribution in [3.8, 4) is 0 Å². The van der Waals surface area contributed by atoms with Gasteiger partial charge < -0.3 is 164 Å². The van der Waals surface area contributed by atoms with E-state index in [1.165, 1.54) is 0 Å². The Kier molecular flexibility index (Phi) is 21.9. The van der Waals surface area contributed by atoms with Crippen LogP contribution in [0.5, 0.6) is 0 Å². The van der Waals surface area contributed by atoms with E-state index < -0.39 is 243 Å². The Morgan fingerprint density at radius 3 is 1.36 bits per heavy atom. The monoisotopic (exact) mass is 1060 g/mol. The molecule has 72 heavy (non-hydrogen) atoms. The molecule has 31 atom stereocenters. The Morgan fingerprint density at radius 2 is 0.792 bits per heavy atom. The molecule has 0 radical (unpaired) electrons. The van der Waals surface area contributed by atoms with Crippen molar-refractivity contribution in [1.82, 2.24) is 0 Å². The minimum atomic E-state index is -2.30. The van der Waals surface area contributed by atoms with Gasteiger partial charge in [-0.2, -0.15) is 0 Å². The molecule has 422 valence electrons. The van der Waals surface area contributed by atoms with Crippen molar-refractivity contribution in [3.63, 3.8) is 0 Å². The predicted octanol–water partition coefficient (Wildman–Crippen LogP) is -14.7. The lowest BCUT2D eigenvalue weighted by atomic mass is 9.95. The molecule has 33 nitrogen and oxygen atoms in total. The molecule has 33 heteroatoms. The number of rotatable bonds is 21. The van der Waals surface area contributed by atoms with Gasteiger partial charge in [-0.1, -0.05) is 0 Å². The number of hydrogen-bond donors (Lipinski definition) is 21. The van der Waals surface area contributed by atoms with Gasteiger partial charge in [-0.05, 0) is 0 Å². The summed E-state index contributed by atoms with van der Waals surface area (Å²) in [6, 6.07) is 0. The van der Waals surface area contributed by atoms with Gasteiger partial charge in [-0.3, -0.25) is 0 Å². The maximum atomic E-state index is 11.7. The average Bonchev–Trinajstić information content (AvgIpc) is 3.64. The van der Waals surface area contributed by atoms with Crippen molar-refractivity contribution >= 4 is 0 Å². The van der Waals surface area contributed by atoms with Crippen LogP contribution in [-0.2, 0) is 56.8 Å². The molecule has 0 aliphatic carbocycles. The van der Waals surface area contributed by atoms with Gasteiger partial charge in [0.15, 0.2) is 37.7 Å². The zero-order valence-corrected chi connectivity index (χ0v) is 37.8. The Hall–Kier alpha value is -1.32. The molecule has 6 heterocycles. The van der Waals surface area contributed by atoms with Gasteiger partial charge in [0, 0.05) is 0 Å². The van der Waals surface area contributed by atoms with E-state index in [1.807, 2.05) is 0 Å². The van der Waals surface area contributed by atoms with E-state index in [-0.39, 0.29) is 0 Å². The van der Waals surface area contributed by atoms with Crippen LogP contribution in [0.4, 0.5) is 0 Å². The highest BCUT2D eigenvalue weighted by Gasteiger charge is 2.56. The highest BCUT2D eigenvalue weighted by Crippen LogP contribution is 2.35. The van der Waals surface area contributed by atoms with Crippen LogP contribution in [0.15, 0.2) is 0 Å². The molecule has 0 bridgehead atoms. The number of aliphatic hydroxyl groups excluding tert-OH is 21.